The van der Waals surface area contributed by atoms with Crippen molar-refractivity contribution in [3.63, 3.8) is 0 Å². The van der Waals surface area contributed by atoms with E-state index in [2.05, 4.69) is 40.3 Å². The Labute approximate surface area is 99.8 Å². The van der Waals surface area contributed by atoms with Gasteiger partial charge in [0.05, 0.1) is 6.61 Å². The van der Waals surface area contributed by atoms with Crippen LogP contribution in [0, 0.1) is 6.92 Å². The molecule has 0 spiro atoms. The monoisotopic (exact) mass is 271 g/mol. The molecule has 0 unspecified atom stereocenters. The minimum Gasteiger partial charge on any atom is -0.394 e. The molecular weight excluding hydrogens is 254 g/mol. The molecular formula is C12H18BrNO. The van der Waals surface area contributed by atoms with Gasteiger partial charge in [0.15, 0.2) is 0 Å². The van der Waals surface area contributed by atoms with Gasteiger partial charge in [-0.3, -0.25) is 0 Å². The second-order valence-electron chi connectivity index (χ2n) is 4.47. The quantitative estimate of drug-likeness (QED) is 0.883. The summed E-state index contributed by atoms with van der Waals surface area (Å²) < 4.78 is 1.10. The van der Waals surface area contributed by atoms with Crippen LogP contribution in [0.3, 0.4) is 0 Å². The van der Waals surface area contributed by atoms with Crippen LogP contribution in [0.1, 0.15) is 25.0 Å². The predicted octanol–water partition coefficient (Wildman–Crippen LogP) is 2.62. The number of aliphatic hydroxyl groups excluding tert-OH is 1. The third kappa shape index (κ3) is 3.93. The number of nitrogens with one attached hydrogen (secondary N) is 1. The minimum atomic E-state index is -0.223. The van der Waals surface area contributed by atoms with Crippen molar-refractivity contribution in [2.24, 2.45) is 0 Å². The van der Waals surface area contributed by atoms with Crippen molar-refractivity contribution in [1.29, 1.82) is 0 Å². The molecule has 0 aliphatic rings. The van der Waals surface area contributed by atoms with E-state index in [0.29, 0.717) is 0 Å². The number of rotatable bonds is 4. The summed E-state index contributed by atoms with van der Waals surface area (Å²) in [6.45, 7) is 6.99. The molecule has 84 valence electrons. The number of hydrogen-bond acceptors (Lipinski definition) is 2. The average molecular weight is 272 g/mol. The van der Waals surface area contributed by atoms with Gasteiger partial charge in [0.2, 0.25) is 0 Å². The first kappa shape index (κ1) is 12.7. The van der Waals surface area contributed by atoms with Gasteiger partial charge in [-0.25, -0.2) is 0 Å². The highest BCUT2D eigenvalue weighted by Crippen LogP contribution is 2.16. The van der Waals surface area contributed by atoms with Crippen molar-refractivity contribution < 1.29 is 5.11 Å². The second-order valence-corrected chi connectivity index (χ2v) is 5.38. The average Bonchev–Trinajstić information content (AvgIpc) is 2.16. The lowest BCUT2D eigenvalue weighted by atomic mass is 10.0. The Hall–Kier alpha value is -0.380. The van der Waals surface area contributed by atoms with Gasteiger partial charge < -0.3 is 10.4 Å². The van der Waals surface area contributed by atoms with Crippen molar-refractivity contribution in [3.05, 3.63) is 33.8 Å². The summed E-state index contributed by atoms with van der Waals surface area (Å²) in [5.41, 5.74) is 2.30. The molecule has 3 heteroatoms. The maximum atomic E-state index is 9.12. The van der Waals surface area contributed by atoms with E-state index < -0.39 is 0 Å². The Morgan fingerprint density at radius 1 is 1.40 bits per heavy atom. The fourth-order valence-corrected chi connectivity index (χ4v) is 1.72. The van der Waals surface area contributed by atoms with Gasteiger partial charge in [-0.1, -0.05) is 22.0 Å². The minimum absolute atomic E-state index is 0.141. The molecule has 0 radical (unpaired) electrons. The van der Waals surface area contributed by atoms with Crippen LogP contribution in [0.2, 0.25) is 0 Å². The highest BCUT2D eigenvalue weighted by atomic mass is 79.9. The topological polar surface area (TPSA) is 32.3 Å². The summed E-state index contributed by atoms with van der Waals surface area (Å²) in [5, 5.41) is 12.4. The molecule has 0 bridgehead atoms. The Bertz CT molecular complexity index is 336. The fraction of sp³-hybridized carbons (Fsp3) is 0.500. The summed E-state index contributed by atoms with van der Waals surface area (Å²) in [5.74, 6) is 0. The number of aliphatic hydroxyl groups is 1. The molecule has 0 aromatic heterocycles. The number of halogens is 1. The Morgan fingerprint density at radius 3 is 2.60 bits per heavy atom. The van der Waals surface area contributed by atoms with Crippen molar-refractivity contribution >= 4 is 15.9 Å². The maximum absolute atomic E-state index is 9.12. The van der Waals surface area contributed by atoms with Crippen molar-refractivity contribution in [2.75, 3.05) is 6.61 Å². The fourth-order valence-electron chi connectivity index (χ4n) is 1.25. The lowest BCUT2D eigenvalue weighted by molar-refractivity contribution is 0.187. The third-order valence-electron chi connectivity index (χ3n) is 2.46. The maximum Gasteiger partial charge on any atom is 0.0607 e. The van der Waals surface area contributed by atoms with E-state index in [1.54, 1.807) is 0 Å². The van der Waals surface area contributed by atoms with Gasteiger partial charge in [-0.2, -0.15) is 0 Å². The Morgan fingerprint density at radius 2 is 2.07 bits per heavy atom. The molecule has 0 aliphatic heterocycles. The number of hydrogen-bond donors (Lipinski definition) is 2. The van der Waals surface area contributed by atoms with Crippen LogP contribution in [-0.4, -0.2) is 17.3 Å². The molecule has 0 aliphatic carbocycles. The van der Waals surface area contributed by atoms with Crippen LogP contribution >= 0.6 is 15.9 Å². The van der Waals surface area contributed by atoms with Crippen LogP contribution in [-0.2, 0) is 6.54 Å². The zero-order valence-corrected chi connectivity index (χ0v) is 11.1. The van der Waals surface area contributed by atoms with E-state index >= 15 is 0 Å². The van der Waals surface area contributed by atoms with E-state index in [-0.39, 0.29) is 12.1 Å². The molecule has 0 heterocycles. The van der Waals surface area contributed by atoms with Crippen LogP contribution in [0.4, 0.5) is 0 Å². The summed E-state index contributed by atoms with van der Waals surface area (Å²) >= 11 is 3.44. The summed E-state index contributed by atoms with van der Waals surface area (Å²) in [6, 6.07) is 6.23. The highest BCUT2D eigenvalue weighted by molar-refractivity contribution is 9.10. The Balaban J connectivity index is 2.66. The first-order chi connectivity index (χ1) is 6.94. The molecule has 0 atom stereocenters. The van der Waals surface area contributed by atoms with Gasteiger partial charge in [0, 0.05) is 16.6 Å². The first-order valence-electron chi connectivity index (χ1n) is 5.05. The SMILES string of the molecule is Cc1cc(Br)ccc1CNC(C)(C)CO. The van der Waals surface area contributed by atoms with Crippen molar-refractivity contribution in [2.45, 2.75) is 32.9 Å². The van der Waals surface area contributed by atoms with Crippen molar-refractivity contribution in [1.82, 2.24) is 5.32 Å². The smallest absolute Gasteiger partial charge is 0.0607 e. The van der Waals surface area contributed by atoms with Crippen LogP contribution in [0.25, 0.3) is 0 Å². The molecule has 1 aromatic carbocycles. The van der Waals surface area contributed by atoms with Crippen LogP contribution in [0.15, 0.2) is 22.7 Å². The standard InChI is InChI=1S/C12H18BrNO/c1-9-6-11(13)5-4-10(9)7-14-12(2,3)8-15/h4-6,14-15H,7-8H2,1-3H3. The molecule has 2 nitrogen and oxygen atoms in total. The summed E-state index contributed by atoms with van der Waals surface area (Å²) in [6.07, 6.45) is 0. The molecule has 1 rings (SSSR count). The molecule has 15 heavy (non-hydrogen) atoms. The van der Waals surface area contributed by atoms with E-state index in [4.69, 9.17) is 5.11 Å². The van der Waals surface area contributed by atoms with Crippen LogP contribution in [0.5, 0.6) is 0 Å². The highest BCUT2D eigenvalue weighted by Gasteiger charge is 2.15. The largest absolute Gasteiger partial charge is 0.394 e. The van der Waals surface area contributed by atoms with Gasteiger partial charge in [0.25, 0.3) is 0 Å². The van der Waals surface area contributed by atoms with E-state index in [0.717, 1.165) is 11.0 Å². The predicted molar refractivity (Wildman–Crippen MR) is 66.9 cm³/mol. The van der Waals surface area contributed by atoms with Gasteiger partial charge >= 0.3 is 0 Å². The molecule has 0 fully saturated rings. The van der Waals surface area contributed by atoms with Crippen molar-refractivity contribution in [3.8, 4) is 0 Å². The lowest BCUT2D eigenvalue weighted by Gasteiger charge is -2.24. The molecule has 0 saturated carbocycles. The summed E-state index contributed by atoms with van der Waals surface area (Å²) in [7, 11) is 0. The zero-order valence-electron chi connectivity index (χ0n) is 9.47. The normalized spacial score (nSPS) is 11.8. The summed E-state index contributed by atoms with van der Waals surface area (Å²) in [4.78, 5) is 0. The number of benzene rings is 1. The molecule has 2 N–H and O–H groups in total. The molecule has 0 amide bonds. The van der Waals surface area contributed by atoms with Crippen LogP contribution < -0.4 is 5.32 Å². The molecule has 1 aromatic rings. The van der Waals surface area contributed by atoms with E-state index in [1.807, 2.05) is 19.9 Å². The first-order valence-corrected chi connectivity index (χ1v) is 5.85. The molecule has 0 saturated heterocycles. The zero-order chi connectivity index (χ0) is 11.5. The van der Waals surface area contributed by atoms with Gasteiger partial charge in [-0.15, -0.1) is 0 Å². The van der Waals surface area contributed by atoms with Gasteiger partial charge in [-0.05, 0) is 44.0 Å². The van der Waals surface area contributed by atoms with E-state index in [9.17, 15) is 0 Å². The lowest BCUT2D eigenvalue weighted by Crippen LogP contribution is -2.42. The van der Waals surface area contributed by atoms with Gasteiger partial charge in [0.1, 0.15) is 0 Å². The second kappa shape index (κ2) is 5.10. The number of aryl methyl sites for hydroxylation is 1. The van der Waals surface area contributed by atoms with E-state index in [1.165, 1.54) is 11.1 Å². The Kier molecular flexibility index (Phi) is 4.32. The third-order valence-corrected chi connectivity index (χ3v) is 2.95.